The maximum atomic E-state index is 14.1. The highest BCUT2D eigenvalue weighted by molar-refractivity contribution is 6.05. The van der Waals surface area contributed by atoms with Gasteiger partial charge in [0.25, 0.3) is 5.91 Å². The topological polar surface area (TPSA) is 158 Å². The molecule has 16 heteroatoms. The average molecular weight is 726 g/mol. The van der Waals surface area contributed by atoms with E-state index in [0.29, 0.717) is 55.2 Å². The van der Waals surface area contributed by atoms with Crippen LogP contribution in [0.2, 0.25) is 0 Å². The number of amides is 3. The number of aromatic nitrogens is 4. The summed E-state index contributed by atoms with van der Waals surface area (Å²) in [6, 6.07) is 8.79. The smallest absolute Gasteiger partial charge is 0.255 e. The van der Waals surface area contributed by atoms with Gasteiger partial charge >= 0.3 is 0 Å². The molecular formula is C37H37F2N9O5. The van der Waals surface area contributed by atoms with Crippen LogP contribution in [0.15, 0.2) is 48.8 Å². The minimum atomic E-state index is -1.06. The summed E-state index contributed by atoms with van der Waals surface area (Å²) in [5.41, 5.74) is 3.34. The summed E-state index contributed by atoms with van der Waals surface area (Å²) >= 11 is 0. The van der Waals surface area contributed by atoms with Crippen LogP contribution in [0, 0.1) is 17.6 Å². The predicted octanol–water partition coefficient (Wildman–Crippen LogP) is 3.45. The van der Waals surface area contributed by atoms with E-state index in [-0.39, 0.29) is 41.6 Å². The van der Waals surface area contributed by atoms with Crippen LogP contribution in [0.5, 0.6) is 11.5 Å². The minimum Gasteiger partial charge on any atom is -0.504 e. The van der Waals surface area contributed by atoms with Gasteiger partial charge < -0.3 is 29.9 Å². The molecule has 3 N–H and O–H groups in total. The zero-order valence-electron chi connectivity index (χ0n) is 28.7. The molecular weight excluding hydrogens is 688 g/mol. The van der Waals surface area contributed by atoms with Crippen molar-refractivity contribution in [1.82, 2.24) is 30.2 Å². The first-order valence-corrected chi connectivity index (χ1v) is 17.9. The van der Waals surface area contributed by atoms with Gasteiger partial charge in [0.2, 0.25) is 11.8 Å². The second-order valence-electron chi connectivity index (χ2n) is 14.5. The molecule has 5 aliphatic rings. The number of ether oxygens (including phenoxy) is 1. The first-order valence-electron chi connectivity index (χ1n) is 17.9. The van der Waals surface area contributed by atoms with Crippen LogP contribution in [0.1, 0.15) is 48.0 Å². The van der Waals surface area contributed by atoms with E-state index in [2.05, 4.69) is 35.7 Å². The van der Waals surface area contributed by atoms with Gasteiger partial charge in [-0.25, -0.2) is 8.78 Å². The Kier molecular flexibility index (Phi) is 8.11. The molecule has 0 radical (unpaired) electrons. The highest BCUT2D eigenvalue weighted by Gasteiger charge is 2.40. The summed E-state index contributed by atoms with van der Waals surface area (Å²) in [7, 11) is 0. The maximum absolute atomic E-state index is 14.1. The van der Waals surface area contributed by atoms with E-state index in [1.807, 2.05) is 29.1 Å². The molecule has 3 fully saturated rings. The lowest BCUT2D eigenvalue weighted by atomic mass is 9.96. The number of fused-ring (bicyclic) bond motifs is 4. The fraction of sp³-hybridized carbons (Fsp3) is 0.405. The van der Waals surface area contributed by atoms with E-state index in [1.165, 1.54) is 0 Å². The third-order valence-electron chi connectivity index (χ3n) is 11.1. The lowest BCUT2D eigenvalue weighted by Gasteiger charge is -2.33. The minimum absolute atomic E-state index is 0.0650. The Morgan fingerprint density at radius 2 is 1.83 bits per heavy atom. The van der Waals surface area contributed by atoms with E-state index in [4.69, 9.17) is 4.74 Å². The number of hydrogen-bond donors (Lipinski definition) is 3. The zero-order chi connectivity index (χ0) is 36.4. The Morgan fingerprint density at radius 3 is 2.66 bits per heavy atom. The van der Waals surface area contributed by atoms with E-state index < -0.39 is 29.3 Å². The molecule has 0 bridgehead atoms. The van der Waals surface area contributed by atoms with Gasteiger partial charge in [0.1, 0.15) is 18.0 Å². The normalized spacial score (nSPS) is 22.7. The molecule has 53 heavy (non-hydrogen) atoms. The predicted molar refractivity (Wildman–Crippen MR) is 187 cm³/mol. The fourth-order valence-electron chi connectivity index (χ4n) is 8.36. The summed E-state index contributed by atoms with van der Waals surface area (Å²) in [6.07, 6.45) is 6.78. The number of imide groups is 1. The molecule has 1 unspecified atom stereocenters. The van der Waals surface area contributed by atoms with Gasteiger partial charge in [0.15, 0.2) is 23.1 Å². The van der Waals surface area contributed by atoms with Gasteiger partial charge in [-0.2, -0.15) is 5.10 Å². The lowest BCUT2D eigenvalue weighted by Crippen LogP contribution is -2.52. The molecule has 0 saturated carbocycles. The summed E-state index contributed by atoms with van der Waals surface area (Å²) < 4.78 is 36.3. The number of carbonyl (C=O) groups is 3. The molecule has 274 valence electrons. The van der Waals surface area contributed by atoms with Crippen molar-refractivity contribution < 1.29 is 33.0 Å². The largest absolute Gasteiger partial charge is 0.504 e. The highest BCUT2D eigenvalue weighted by atomic mass is 19.1. The summed E-state index contributed by atoms with van der Waals surface area (Å²) in [6.45, 7) is 4.02. The van der Waals surface area contributed by atoms with Crippen LogP contribution in [-0.2, 0) is 22.7 Å². The number of nitrogens with one attached hydrogen (secondary N) is 2. The second-order valence-corrected chi connectivity index (χ2v) is 14.5. The van der Waals surface area contributed by atoms with E-state index in [1.54, 1.807) is 17.2 Å². The molecule has 0 aliphatic carbocycles. The van der Waals surface area contributed by atoms with E-state index >= 15 is 0 Å². The molecule has 5 aliphatic heterocycles. The van der Waals surface area contributed by atoms with Crippen molar-refractivity contribution in [2.75, 3.05) is 41.3 Å². The number of benzene rings is 2. The molecule has 14 nitrogen and oxygen atoms in total. The molecule has 7 heterocycles. The third kappa shape index (κ3) is 6.14. The maximum Gasteiger partial charge on any atom is 0.255 e. The molecule has 3 atom stereocenters. The lowest BCUT2D eigenvalue weighted by molar-refractivity contribution is -0.136. The first-order chi connectivity index (χ1) is 25.7. The number of phenolic OH excluding ortho intramolecular Hbond substituents is 1. The number of nitrogens with zero attached hydrogens (tertiary/aromatic N) is 7. The molecule has 2 aromatic heterocycles. The summed E-state index contributed by atoms with van der Waals surface area (Å²) in [5.74, 6) is -1.76. The van der Waals surface area contributed by atoms with Gasteiger partial charge in [0, 0.05) is 68.4 Å². The van der Waals surface area contributed by atoms with Crippen molar-refractivity contribution in [1.29, 1.82) is 0 Å². The van der Waals surface area contributed by atoms with Crippen molar-refractivity contribution in [3.63, 3.8) is 0 Å². The molecule has 9 rings (SSSR count). The first kappa shape index (κ1) is 33.1. The fourth-order valence-corrected chi connectivity index (χ4v) is 8.36. The van der Waals surface area contributed by atoms with E-state index in [0.717, 1.165) is 61.9 Å². The van der Waals surface area contributed by atoms with Gasteiger partial charge in [-0.05, 0) is 55.0 Å². The summed E-state index contributed by atoms with van der Waals surface area (Å²) in [5, 5.41) is 28.8. The number of phenols is 1. The number of piperidine rings is 2. The number of anilines is 3. The van der Waals surface area contributed by atoms with E-state index in [9.17, 15) is 28.3 Å². The van der Waals surface area contributed by atoms with Crippen LogP contribution in [0.3, 0.4) is 0 Å². The standard InChI is InChI=1S/C37H37F2N9O5/c38-22-9-28(34(50)29(39)10-22)30-13-32-35(44-43-30)40-14-24-11-25(19-47(24)32)53-26-15-41-46(18-26)16-20-5-7-45(8-6-20)23-2-1-21-17-48(37(52)27(21)12-23)31-3-4-33(49)42-36(31)51/h1-2,9-10,12-13,15,18,20,24-25,31,50H,3-8,11,14,16-17,19H2,(H,40,44)(H,42,49,51)/t24-,25-,31?/m1/s1. The molecule has 0 spiro atoms. The monoisotopic (exact) mass is 725 g/mol. The molecule has 3 amide bonds. The van der Waals surface area contributed by atoms with Crippen LogP contribution in [0.25, 0.3) is 11.3 Å². The van der Waals surface area contributed by atoms with Crippen molar-refractivity contribution in [3.05, 3.63) is 71.6 Å². The Labute approximate surface area is 302 Å². The van der Waals surface area contributed by atoms with Crippen LogP contribution in [-0.4, -0.2) is 92.1 Å². The van der Waals surface area contributed by atoms with Crippen LogP contribution in [0.4, 0.5) is 26.0 Å². The second kappa shape index (κ2) is 13.0. The Balaban J connectivity index is 0.792. The SMILES string of the molecule is O=C1CCC(N2Cc3ccc(N4CCC(Cn5cc(O[C@@H]6C[C@@H]7CNc8nnc(-c9cc(F)cc(F)c9O)cc8N7C6)cn5)CC4)cc3C2=O)C(=O)N1. The Hall–Kier alpha value is -5.80. The quantitative estimate of drug-likeness (QED) is 0.240. The Bertz CT molecular complexity index is 2140. The highest BCUT2D eigenvalue weighted by Crippen LogP contribution is 2.40. The summed E-state index contributed by atoms with van der Waals surface area (Å²) in [4.78, 5) is 43.4. The van der Waals surface area contributed by atoms with Crippen molar-refractivity contribution in [3.8, 4) is 22.8 Å². The van der Waals surface area contributed by atoms with Gasteiger partial charge in [-0.3, -0.25) is 24.4 Å². The number of carbonyl (C=O) groups excluding carboxylic acids is 3. The van der Waals surface area contributed by atoms with Crippen LogP contribution < -0.4 is 25.2 Å². The number of hydrogen-bond acceptors (Lipinski definition) is 11. The van der Waals surface area contributed by atoms with Gasteiger partial charge in [0.05, 0.1) is 36.4 Å². The number of aromatic hydroxyl groups is 1. The van der Waals surface area contributed by atoms with Gasteiger partial charge in [-0.1, -0.05) is 6.07 Å². The zero-order valence-corrected chi connectivity index (χ0v) is 28.7. The van der Waals surface area contributed by atoms with Crippen molar-refractivity contribution >= 4 is 34.9 Å². The van der Waals surface area contributed by atoms with Crippen LogP contribution >= 0.6 is 0 Å². The van der Waals surface area contributed by atoms with Gasteiger partial charge in [-0.15, -0.1) is 10.2 Å². The molecule has 4 aromatic rings. The number of halogens is 2. The number of rotatable bonds is 7. The van der Waals surface area contributed by atoms with Crippen molar-refractivity contribution in [2.24, 2.45) is 5.92 Å². The van der Waals surface area contributed by atoms with Crippen molar-refractivity contribution in [2.45, 2.75) is 63.4 Å². The third-order valence-corrected chi connectivity index (χ3v) is 11.1. The average Bonchev–Trinajstić information content (AvgIpc) is 3.87. The molecule has 2 aromatic carbocycles. The Morgan fingerprint density at radius 1 is 0.981 bits per heavy atom. The molecule has 3 saturated heterocycles.